The Labute approximate surface area is 170 Å². The number of para-hydroxylation sites is 2. The van der Waals surface area contributed by atoms with E-state index in [1.165, 1.54) is 18.6 Å². The molecular weight excluding hydrogens is 372 g/mol. The molecule has 0 aliphatic carbocycles. The molecule has 2 aromatic rings. The number of amides is 2. The summed E-state index contributed by atoms with van der Waals surface area (Å²) in [6, 6.07) is 13.5. The fraction of sp³-hybridized carbons (Fsp3) is 0.381. The normalized spacial score (nSPS) is 15.3. The summed E-state index contributed by atoms with van der Waals surface area (Å²) >= 11 is 0. The van der Waals surface area contributed by atoms with E-state index in [1.54, 1.807) is 19.2 Å². The highest BCUT2D eigenvalue weighted by Gasteiger charge is 2.23. The summed E-state index contributed by atoms with van der Waals surface area (Å²) in [5.74, 6) is 0.785. The second kappa shape index (κ2) is 9.88. The van der Waals surface area contributed by atoms with E-state index in [0.717, 1.165) is 37.2 Å². The molecule has 154 valence electrons. The number of hydrogen-bond acceptors (Lipinski definition) is 5. The molecule has 1 heterocycles. The Hall–Kier alpha value is -3.13. The van der Waals surface area contributed by atoms with Crippen molar-refractivity contribution in [3.05, 3.63) is 64.2 Å². The molecule has 29 heavy (non-hydrogen) atoms. The first kappa shape index (κ1) is 20.6. The summed E-state index contributed by atoms with van der Waals surface area (Å²) in [6.45, 7) is 2.35. The summed E-state index contributed by atoms with van der Waals surface area (Å²) in [4.78, 5) is 25.4. The lowest BCUT2D eigenvalue weighted by Crippen LogP contribution is -2.41. The second-order valence-electron chi connectivity index (χ2n) is 6.99. The zero-order chi connectivity index (χ0) is 20.6. The predicted molar refractivity (Wildman–Crippen MR) is 111 cm³/mol. The fourth-order valence-electron chi connectivity index (χ4n) is 3.61. The Balaban J connectivity index is 1.69. The predicted octanol–water partition coefficient (Wildman–Crippen LogP) is 3.95. The van der Waals surface area contributed by atoms with Gasteiger partial charge >= 0.3 is 6.03 Å². The van der Waals surface area contributed by atoms with Crippen LogP contribution >= 0.6 is 0 Å². The maximum absolute atomic E-state index is 12.4. The van der Waals surface area contributed by atoms with Crippen LogP contribution in [0.5, 0.6) is 5.75 Å². The van der Waals surface area contributed by atoms with E-state index >= 15 is 0 Å². The van der Waals surface area contributed by atoms with Gasteiger partial charge in [0.1, 0.15) is 11.4 Å². The second-order valence-corrected chi connectivity index (χ2v) is 6.99. The molecule has 3 rings (SSSR count). The Morgan fingerprint density at radius 2 is 1.83 bits per heavy atom. The van der Waals surface area contributed by atoms with Crippen LogP contribution in [0.4, 0.5) is 16.2 Å². The number of carbonyl (C=O) groups is 1. The Morgan fingerprint density at radius 3 is 2.48 bits per heavy atom. The van der Waals surface area contributed by atoms with Crippen LogP contribution in [0.15, 0.2) is 48.5 Å². The fourth-order valence-corrected chi connectivity index (χ4v) is 3.61. The Bertz CT molecular complexity index is 835. The van der Waals surface area contributed by atoms with Gasteiger partial charge in [0.05, 0.1) is 18.1 Å². The minimum absolute atomic E-state index is 0.0257. The van der Waals surface area contributed by atoms with Crippen LogP contribution in [0, 0.1) is 10.1 Å². The van der Waals surface area contributed by atoms with Crippen molar-refractivity contribution < 1.29 is 14.5 Å². The number of nitrogens with one attached hydrogen (secondary N) is 2. The number of nitrogens with zero attached hydrogens (tertiary/aromatic N) is 2. The molecule has 0 spiro atoms. The van der Waals surface area contributed by atoms with Crippen LogP contribution in [0.1, 0.15) is 30.9 Å². The van der Waals surface area contributed by atoms with Crippen LogP contribution < -0.4 is 15.4 Å². The van der Waals surface area contributed by atoms with Gasteiger partial charge in [-0.2, -0.15) is 0 Å². The zero-order valence-electron chi connectivity index (χ0n) is 16.5. The highest BCUT2D eigenvalue weighted by atomic mass is 16.6. The molecule has 1 atom stereocenters. The van der Waals surface area contributed by atoms with E-state index in [2.05, 4.69) is 15.5 Å². The minimum atomic E-state index is -0.510. The van der Waals surface area contributed by atoms with Crippen molar-refractivity contribution in [2.75, 3.05) is 32.1 Å². The van der Waals surface area contributed by atoms with Crippen molar-refractivity contribution in [2.45, 2.75) is 25.3 Å². The average molecular weight is 398 g/mol. The molecule has 1 fully saturated rings. The molecule has 0 aromatic heterocycles. The van der Waals surface area contributed by atoms with Gasteiger partial charge in [0, 0.05) is 12.6 Å². The van der Waals surface area contributed by atoms with Gasteiger partial charge in [-0.25, -0.2) is 4.79 Å². The first-order valence-electron chi connectivity index (χ1n) is 9.75. The van der Waals surface area contributed by atoms with Gasteiger partial charge in [-0.05, 0) is 49.7 Å². The lowest BCUT2D eigenvalue weighted by Gasteiger charge is -2.35. The molecule has 0 radical (unpaired) electrons. The van der Waals surface area contributed by atoms with E-state index in [1.807, 2.05) is 24.3 Å². The number of nitro groups is 1. The maximum atomic E-state index is 12.4. The van der Waals surface area contributed by atoms with Gasteiger partial charge in [-0.1, -0.05) is 30.7 Å². The molecule has 1 saturated heterocycles. The maximum Gasteiger partial charge on any atom is 0.319 e. The number of benzene rings is 2. The molecule has 1 unspecified atom stereocenters. The summed E-state index contributed by atoms with van der Waals surface area (Å²) in [7, 11) is 1.63. The molecule has 8 nitrogen and oxygen atoms in total. The van der Waals surface area contributed by atoms with Gasteiger partial charge in [0.25, 0.3) is 5.69 Å². The summed E-state index contributed by atoms with van der Waals surface area (Å²) < 4.78 is 5.24. The van der Waals surface area contributed by atoms with Crippen molar-refractivity contribution in [1.29, 1.82) is 0 Å². The van der Waals surface area contributed by atoms with Crippen LogP contribution in [0.3, 0.4) is 0 Å². The number of anilines is 1. The van der Waals surface area contributed by atoms with Gasteiger partial charge < -0.3 is 15.4 Å². The molecule has 1 aliphatic heterocycles. The molecular formula is C21H26N4O4. The number of urea groups is 1. The molecule has 2 amide bonds. The standard InChI is InChI=1S/C21H26N4O4/c1-29-17-11-9-16(10-12-17)20(24-13-5-2-6-14-24)15-22-21(26)23-18-7-3-4-8-19(18)25(27)28/h3-4,7-12,20H,2,5-6,13-15H2,1H3,(H2,22,23,26). The number of methoxy groups -OCH3 is 1. The highest BCUT2D eigenvalue weighted by molar-refractivity contribution is 5.91. The van der Waals surface area contributed by atoms with Crippen molar-refractivity contribution in [3.63, 3.8) is 0 Å². The first-order valence-corrected chi connectivity index (χ1v) is 9.75. The van der Waals surface area contributed by atoms with Gasteiger partial charge in [-0.15, -0.1) is 0 Å². The topological polar surface area (TPSA) is 96.7 Å². The quantitative estimate of drug-likeness (QED) is 0.544. The van der Waals surface area contributed by atoms with E-state index in [-0.39, 0.29) is 17.4 Å². The van der Waals surface area contributed by atoms with Gasteiger partial charge in [-0.3, -0.25) is 15.0 Å². The summed E-state index contributed by atoms with van der Waals surface area (Å²) in [5.41, 5.74) is 1.14. The van der Waals surface area contributed by atoms with Crippen molar-refractivity contribution in [1.82, 2.24) is 10.2 Å². The lowest BCUT2D eigenvalue weighted by atomic mass is 10.0. The number of likely N-dealkylation sites (tertiary alicyclic amines) is 1. The van der Waals surface area contributed by atoms with Crippen LogP contribution in [-0.4, -0.2) is 42.6 Å². The lowest BCUT2D eigenvalue weighted by molar-refractivity contribution is -0.383. The van der Waals surface area contributed by atoms with Crippen LogP contribution in [0.2, 0.25) is 0 Å². The number of carbonyl (C=O) groups excluding carboxylic acids is 1. The molecule has 0 bridgehead atoms. The third kappa shape index (κ3) is 5.45. The Kier molecular flexibility index (Phi) is 7.02. The van der Waals surface area contributed by atoms with Crippen LogP contribution in [0.25, 0.3) is 0 Å². The van der Waals surface area contributed by atoms with E-state index < -0.39 is 11.0 Å². The zero-order valence-corrected chi connectivity index (χ0v) is 16.5. The molecule has 0 saturated carbocycles. The monoisotopic (exact) mass is 398 g/mol. The molecule has 1 aliphatic rings. The first-order chi connectivity index (χ1) is 14.1. The highest BCUT2D eigenvalue weighted by Crippen LogP contribution is 2.26. The van der Waals surface area contributed by atoms with E-state index in [0.29, 0.717) is 6.54 Å². The summed E-state index contributed by atoms with van der Waals surface area (Å²) in [6.07, 6.45) is 3.49. The third-order valence-corrected chi connectivity index (χ3v) is 5.14. The SMILES string of the molecule is COc1ccc(C(CNC(=O)Nc2ccccc2[N+](=O)[O-])N2CCCCC2)cc1. The van der Waals surface area contributed by atoms with Crippen molar-refractivity contribution >= 4 is 17.4 Å². The minimum Gasteiger partial charge on any atom is -0.497 e. The number of piperidine rings is 1. The molecule has 8 heteroatoms. The van der Waals surface area contributed by atoms with E-state index in [9.17, 15) is 14.9 Å². The molecule has 2 aromatic carbocycles. The van der Waals surface area contributed by atoms with Crippen LogP contribution in [-0.2, 0) is 0 Å². The summed E-state index contributed by atoms with van der Waals surface area (Å²) in [5, 5.41) is 16.6. The smallest absolute Gasteiger partial charge is 0.319 e. The van der Waals surface area contributed by atoms with Crippen molar-refractivity contribution in [2.24, 2.45) is 0 Å². The van der Waals surface area contributed by atoms with Gasteiger partial charge in [0.15, 0.2) is 0 Å². The number of ether oxygens (including phenoxy) is 1. The van der Waals surface area contributed by atoms with E-state index in [4.69, 9.17) is 4.74 Å². The average Bonchev–Trinajstić information content (AvgIpc) is 2.75. The van der Waals surface area contributed by atoms with Gasteiger partial charge in [0.2, 0.25) is 0 Å². The number of nitro benzene ring substituents is 1. The molecule has 2 N–H and O–H groups in total. The third-order valence-electron chi connectivity index (χ3n) is 5.14. The number of rotatable bonds is 7. The number of hydrogen-bond donors (Lipinski definition) is 2. The Morgan fingerprint density at radius 1 is 1.14 bits per heavy atom. The van der Waals surface area contributed by atoms with Crippen molar-refractivity contribution in [3.8, 4) is 5.75 Å². The largest absolute Gasteiger partial charge is 0.497 e.